The normalized spacial score (nSPS) is 19.5. The number of benzene rings is 1. The van der Waals surface area contributed by atoms with Gasteiger partial charge in [-0.05, 0) is 55.7 Å². The van der Waals surface area contributed by atoms with Gasteiger partial charge in [-0.1, -0.05) is 19.9 Å². The topological polar surface area (TPSA) is 17.1 Å². The number of halogens is 3. The first-order valence-electron chi connectivity index (χ1n) is 7.32. The van der Waals surface area contributed by atoms with E-state index in [4.69, 9.17) is 0 Å². The van der Waals surface area contributed by atoms with Gasteiger partial charge in [0.2, 0.25) is 0 Å². The van der Waals surface area contributed by atoms with Gasteiger partial charge in [-0.25, -0.2) is 0 Å². The van der Waals surface area contributed by atoms with Crippen molar-refractivity contribution in [3.05, 3.63) is 34.9 Å². The molecule has 0 bridgehead atoms. The van der Waals surface area contributed by atoms with E-state index in [9.17, 15) is 18.0 Å². The van der Waals surface area contributed by atoms with Crippen molar-refractivity contribution in [2.75, 3.05) is 0 Å². The molecular weight excluding hydrogens is 277 g/mol. The van der Waals surface area contributed by atoms with E-state index in [0.29, 0.717) is 11.1 Å². The van der Waals surface area contributed by atoms with E-state index in [-0.39, 0.29) is 17.1 Å². The summed E-state index contributed by atoms with van der Waals surface area (Å²) in [5.41, 5.74) is 0.431. The zero-order chi connectivity index (χ0) is 15.8. The van der Waals surface area contributed by atoms with Gasteiger partial charge in [0.25, 0.3) is 0 Å². The molecule has 0 spiro atoms. The van der Waals surface area contributed by atoms with Gasteiger partial charge < -0.3 is 0 Å². The summed E-state index contributed by atoms with van der Waals surface area (Å²) in [4.78, 5) is 12.5. The second-order valence-corrected chi connectivity index (χ2v) is 6.83. The van der Waals surface area contributed by atoms with Crippen molar-refractivity contribution in [1.82, 2.24) is 0 Å². The Balaban J connectivity index is 2.17. The van der Waals surface area contributed by atoms with Crippen LogP contribution in [0.25, 0.3) is 0 Å². The van der Waals surface area contributed by atoms with Gasteiger partial charge in [0.05, 0.1) is 5.56 Å². The first-order chi connectivity index (χ1) is 9.60. The Hall–Kier alpha value is -1.32. The Kier molecular flexibility index (Phi) is 4.18. The molecular formula is C17H21F3O. The molecule has 1 nitrogen and oxygen atoms in total. The van der Waals surface area contributed by atoms with E-state index >= 15 is 0 Å². The summed E-state index contributed by atoms with van der Waals surface area (Å²) >= 11 is 0. The summed E-state index contributed by atoms with van der Waals surface area (Å²) in [5, 5.41) is 0. The largest absolute Gasteiger partial charge is 0.416 e. The fourth-order valence-electron chi connectivity index (χ4n) is 3.00. The van der Waals surface area contributed by atoms with Crippen molar-refractivity contribution in [2.45, 2.75) is 52.6 Å². The number of hydrogen-bond donors (Lipinski definition) is 0. The van der Waals surface area contributed by atoms with Gasteiger partial charge in [0.15, 0.2) is 5.78 Å². The van der Waals surface area contributed by atoms with Crippen LogP contribution in [0.1, 0.15) is 61.0 Å². The van der Waals surface area contributed by atoms with Gasteiger partial charge in [-0.3, -0.25) is 4.79 Å². The highest BCUT2D eigenvalue weighted by Gasteiger charge is 2.33. The number of ketones is 1. The van der Waals surface area contributed by atoms with Crippen molar-refractivity contribution in [1.29, 1.82) is 0 Å². The molecule has 116 valence electrons. The van der Waals surface area contributed by atoms with Crippen molar-refractivity contribution in [2.24, 2.45) is 11.3 Å². The highest BCUT2D eigenvalue weighted by Crippen LogP contribution is 2.39. The highest BCUT2D eigenvalue weighted by atomic mass is 19.4. The number of carbonyl (C=O) groups excluding carboxylic acids is 1. The molecule has 0 radical (unpaired) electrons. The van der Waals surface area contributed by atoms with Crippen molar-refractivity contribution in [3.8, 4) is 0 Å². The molecule has 0 heterocycles. The van der Waals surface area contributed by atoms with Crippen LogP contribution < -0.4 is 0 Å². The summed E-state index contributed by atoms with van der Waals surface area (Å²) in [6.07, 6.45) is -0.730. The van der Waals surface area contributed by atoms with E-state index in [1.807, 2.05) is 0 Å². The average molecular weight is 298 g/mol. The molecule has 0 unspecified atom stereocenters. The molecule has 0 N–H and O–H groups in total. The van der Waals surface area contributed by atoms with Crippen LogP contribution in [-0.2, 0) is 6.18 Å². The first kappa shape index (κ1) is 16.1. The lowest BCUT2D eigenvalue weighted by Gasteiger charge is -2.33. The first-order valence-corrected chi connectivity index (χ1v) is 7.32. The lowest BCUT2D eigenvalue weighted by molar-refractivity contribution is -0.137. The molecule has 0 saturated heterocycles. The highest BCUT2D eigenvalue weighted by molar-refractivity contribution is 5.99. The maximum absolute atomic E-state index is 12.7. The smallest absolute Gasteiger partial charge is 0.294 e. The summed E-state index contributed by atoms with van der Waals surface area (Å²) in [7, 11) is 0. The Morgan fingerprint density at radius 2 is 1.76 bits per heavy atom. The second kappa shape index (κ2) is 5.47. The van der Waals surface area contributed by atoms with E-state index in [1.54, 1.807) is 6.92 Å². The number of alkyl halides is 3. The predicted molar refractivity (Wildman–Crippen MR) is 76.3 cm³/mol. The van der Waals surface area contributed by atoms with Gasteiger partial charge in [0, 0.05) is 11.5 Å². The predicted octanol–water partition coefficient (Wildman–Crippen LogP) is 5.41. The number of hydrogen-bond acceptors (Lipinski definition) is 1. The molecule has 1 aliphatic rings. The number of aryl methyl sites for hydroxylation is 1. The summed E-state index contributed by atoms with van der Waals surface area (Å²) in [5.74, 6) is -0.0508. The third kappa shape index (κ3) is 3.66. The van der Waals surface area contributed by atoms with Crippen LogP contribution in [0, 0.1) is 18.3 Å². The van der Waals surface area contributed by atoms with Crippen LogP contribution in [0.15, 0.2) is 18.2 Å². The van der Waals surface area contributed by atoms with Gasteiger partial charge >= 0.3 is 6.18 Å². The molecule has 1 aliphatic carbocycles. The van der Waals surface area contributed by atoms with Gasteiger partial charge in [-0.15, -0.1) is 0 Å². The summed E-state index contributed by atoms with van der Waals surface area (Å²) < 4.78 is 38.0. The third-order valence-electron chi connectivity index (χ3n) is 4.53. The Morgan fingerprint density at radius 1 is 1.19 bits per heavy atom. The maximum atomic E-state index is 12.7. The van der Waals surface area contributed by atoms with E-state index < -0.39 is 11.7 Å². The molecule has 1 aromatic rings. The van der Waals surface area contributed by atoms with Crippen LogP contribution in [-0.4, -0.2) is 5.78 Å². The van der Waals surface area contributed by atoms with Crippen molar-refractivity contribution < 1.29 is 18.0 Å². The zero-order valence-electron chi connectivity index (χ0n) is 12.7. The quantitative estimate of drug-likeness (QED) is 0.667. The minimum absolute atomic E-state index is 0.00303. The van der Waals surface area contributed by atoms with Gasteiger partial charge in [-0.2, -0.15) is 13.2 Å². The van der Waals surface area contributed by atoms with Crippen LogP contribution >= 0.6 is 0 Å². The molecule has 1 aromatic carbocycles. The Labute approximate surface area is 123 Å². The SMILES string of the molecule is Cc1cc(C(F)(F)F)ccc1C(=O)C1CCC(C)(C)CC1. The molecule has 21 heavy (non-hydrogen) atoms. The molecule has 1 fully saturated rings. The maximum Gasteiger partial charge on any atom is 0.416 e. The molecule has 0 aromatic heterocycles. The number of rotatable bonds is 2. The molecule has 4 heteroatoms. The molecule has 0 amide bonds. The van der Waals surface area contributed by atoms with Crippen LogP contribution in [0.5, 0.6) is 0 Å². The summed E-state index contributed by atoms with van der Waals surface area (Å²) in [6, 6.07) is 3.41. The fraction of sp³-hybridized carbons (Fsp3) is 0.588. The van der Waals surface area contributed by atoms with Crippen LogP contribution in [0.4, 0.5) is 13.2 Å². The number of carbonyl (C=O) groups is 1. The summed E-state index contributed by atoms with van der Waals surface area (Å²) in [6.45, 7) is 5.96. The van der Waals surface area contributed by atoms with Crippen LogP contribution in [0.2, 0.25) is 0 Å². The minimum atomic E-state index is -4.36. The number of Topliss-reactive ketones (excluding diaryl/α,β-unsaturated/α-hetero) is 1. The third-order valence-corrected chi connectivity index (χ3v) is 4.53. The second-order valence-electron chi connectivity index (χ2n) is 6.83. The van der Waals surface area contributed by atoms with Gasteiger partial charge in [0.1, 0.15) is 0 Å². The average Bonchev–Trinajstić information content (AvgIpc) is 2.36. The molecule has 1 saturated carbocycles. The molecule has 2 rings (SSSR count). The van der Waals surface area contributed by atoms with Crippen molar-refractivity contribution >= 4 is 5.78 Å². The standard InChI is InChI=1S/C17H21F3O/c1-11-10-13(17(18,19)20)4-5-14(11)15(21)12-6-8-16(2,3)9-7-12/h4-5,10,12H,6-9H2,1-3H3. The van der Waals surface area contributed by atoms with E-state index in [2.05, 4.69) is 13.8 Å². The van der Waals surface area contributed by atoms with Crippen molar-refractivity contribution in [3.63, 3.8) is 0 Å². The van der Waals surface area contributed by atoms with E-state index in [1.165, 1.54) is 6.07 Å². The monoisotopic (exact) mass is 298 g/mol. The Morgan fingerprint density at radius 3 is 2.24 bits per heavy atom. The Bertz CT molecular complexity index is 533. The lowest BCUT2D eigenvalue weighted by atomic mass is 9.71. The minimum Gasteiger partial charge on any atom is -0.294 e. The molecule has 0 aliphatic heterocycles. The fourth-order valence-corrected chi connectivity index (χ4v) is 3.00. The van der Waals surface area contributed by atoms with Crippen LogP contribution in [0.3, 0.4) is 0 Å². The zero-order valence-corrected chi connectivity index (χ0v) is 12.7. The molecule has 0 atom stereocenters. The lowest BCUT2D eigenvalue weighted by Crippen LogP contribution is -2.26. The van der Waals surface area contributed by atoms with E-state index in [0.717, 1.165) is 37.8 Å².